The maximum absolute atomic E-state index is 14.6. The smallest absolute Gasteiger partial charge is 0.238 e. The molecule has 1 fully saturated rings. The van der Waals surface area contributed by atoms with Crippen molar-refractivity contribution in [2.24, 2.45) is 5.92 Å². The van der Waals surface area contributed by atoms with Crippen molar-refractivity contribution < 1.29 is 18.8 Å². The number of hydrogen-bond acceptors (Lipinski definition) is 4. The molecule has 0 aliphatic carbocycles. The van der Waals surface area contributed by atoms with Crippen molar-refractivity contribution in [3.63, 3.8) is 0 Å². The van der Waals surface area contributed by atoms with Crippen LogP contribution in [0.1, 0.15) is 43.4 Å². The number of carbonyl (C=O) groups excluding carboxylic acids is 3. The number of nitrogens with one attached hydrogen (secondary N) is 1. The lowest BCUT2D eigenvalue weighted by Crippen LogP contribution is -2.49. The lowest BCUT2D eigenvalue weighted by Gasteiger charge is -2.38. The van der Waals surface area contributed by atoms with Gasteiger partial charge < -0.3 is 10.2 Å². The largest absolute Gasteiger partial charge is 0.358 e. The second-order valence-corrected chi connectivity index (χ2v) is 10.8. The summed E-state index contributed by atoms with van der Waals surface area (Å²) >= 11 is 6.14. The predicted octanol–water partition coefficient (Wildman–Crippen LogP) is 6.46. The standard InChI is InChI=1S/C33H22ClFN2O3/c34-22-13-9-20(10-14-22)29(38)27-28(30(39)21-11-15-23(35)16-12-21)37-18-17-19-5-1-2-6-24(19)31(37)33(27)25-7-3-4-8-26(25)36-32(33)40/h1-18,27-28,31H,(H,36,40)/t27-,28-,31+,33+/m0/s1. The van der Waals surface area contributed by atoms with Gasteiger partial charge in [0.1, 0.15) is 17.3 Å². The van der Waals surface area contributed by atoms with Gasteiger partial charge in [-0.2, -0.15) is 0 Å². The molecule has 196 valence electrons. The quantitative estimate of drug-likeness (QED) is 0.297. The van der Waals surface area contributed by atoms with Gasteiger partial charge in [-0.1, -0.05) is 54.1 Å². The molecule has 1 amide bonds. The summed E-state index contributed by atoms with van der Waals surface area (Å²) in [5, 5.41) is 3.49. The molecule has 0 radical (unpaired) electrons. The highest BCUT2D eigenvalue weighted by atomic mass is 35.5. The molecule has 0 saturated carbocycles. The number of ketones is 2. The summed E-state index contributed by atoms with van der Waals surface area (Å²) in [6, 6.07) is 25.2. The highest BCUT2D eigenvalue weighted by Crippen LogP contribution is 2.62. The Balaban J connectivity index is 1.53. The van der Waals surface area contributed by atoms with Crippen molar-refractivity contribution in [2.45, 2.75) is 17.5 Å². The first kappa shape index (κ1) is 24.5. The molecule has 0 bridgehead atoms. The van der Waals surface area contributed by atoms with E-state index in [1.54, 1.807) is 24.3 Å². The molecular weight excluding hydrogens is 527 g/mol. The molecule has 1 spiro atoms. The van der Waals surface area contributed by atoms with Gasteiger partial charge in [-0.05, 0) is 77.4 Å². The Morgan fingerprint density at radius 2 is 1.48 bits per heavy atom. The Morgan fingerprint density at radius 1 is 0.825 bits per heavy atom. The van der Waals surface area contributed by atoms with Crippen LogP contribution in [0.4, 0.5) is 10.1 Å². The third-order valence-electron chi connectivity index (χ3n) is 8.38. The van der Waals surface area contributed by atoms with Crippen LogP contribution in [0, 0.1) is 11.7 Å². The number of amides is 1. The third-order valence-corrected chi connectivity index (χ3v) is 8.63. The third kappa shape index (κ3) is 3.36. The van der Waals surface area contributed by atoms with Crippen molar-refractivity contribution in [3.8, 4) is 0 Å². The normalized spacial score (nSPS) is 23.9. The molecule has 7 heteroatoms. The zero-order valence-corrected chi connectivity index (χ0v) is 21.8. The molecule has 3 aliphatic rings. The van der Waals surface area contributed by atoms with Gasteiger partial charge in [0.2, 0.25) is 5.91 Å². The van der Waals surface area contributed by atoms with Crippen molar-refractivity contribution in [2.75, 3.05) is 5.32 Å². The fourth-order valence-corrected chi connectivity index (χ4v) is 6.87. The summed E-state index contributed by atoms with van der Waals surface area (Å²) in [4.78, 5) is 45.3. The second kappa shape index (κ2) is 9.00. The van der Waals surface area contributed by atoms with Crippen molar-refractivity contribution in [1.82, 2.24) is 4.90 Å². The number of Topliss-reactive ketones (excluding diaryl/α,β-unsaturated/α-hetero) is 2. The molecule has 1 saturated heterocycles. The van der Waals surface area contributed by atoms with E-state index < -0.39 is 29.2 Å². The zero-order chi connectivity index (χ0) is 27.6. The molecule has 4 atom stereocenters. The van der Waals surface area contributed by atoms with Crippen LogP contribution < -0.4 is 5.32 Å². The van der Waals surface area contributed by atoms with Gasteiger partial charge in [0.25, 0.3) is 0 Å². The highest BCUT2D eigenvalue weighted by molar-refractivity contribution is 6.30. The topological polar surface area (TPSA) is 66.5 Å². The highest BCUT2D eigenvalue weighted by Gasteiger charge is 2.70. The average Bonchev–Trinajstić information content (AvgIpc) is 3.45. The molecule has 4 aromatic rings. The number of carbonyl (C=O) groups is 3. The number of rotatable bonds is 4. The van der Waals surface area contributed by atoms with Crippen LogP contribution >= 0.6 is 11.6 Å². The number of benzene rings is 4. The Morgan fingerprint density at radius 3 is 2.25 bits per heavy atom. The summed E-state index contributed by atoms with van der Waals surface area (Å²) in [6.07, 6.45) is 3.71. The molecule has 3 aliphatic heterocycles. The molecule has 7 rings (SSSR count). The van der Waals surface area contributed by atoms with Crippen molar-refractivity contribution in [1.29, 1.82) is 0 Å². The molecule has 40 heavy (non-hydrogen) atoms. The van der Waals surface area contributed by atoms with Crippen molar-refractivity contribution in [3.05, 3.63) is 142 Å². The van der Waals surface area contributed by atoms with Crippen LogP contribution in [-0.2, 0) is 10.2 Å². The fraction of sp³-hybridized carbons (Fsp3) is 0.121. The minimum atomic E-state index is -1.42. The maximum Gasteiger partial charge on any atom is 0.238 e. The number of nitrogens with zero attached hydrogens (tertiary/aromatic N) is 1. The molecule has 0 aromatic heterocycles. The zero-order valence-electron chi connectivity index (χ0n) is 21.1. The molecule has 0 unspecified atom stereocenters. The predicted molar refractivity (Wildman–Crippen MR) is 151 cm³/mol. The van der Waals surface area contributed by atoms with Crippen LogP contribution in [0.15, 0.2) is 103 Å². The molecule has 4 aromatic carbocycles. The Kier molecular flexibility index (Phi) is 5.51. The fourth-order valence-electron chi connectivity index (χ4n) is 6.75. The van der Waals surface area contributed by atoms with E-state index in [-0.39, 0.29) is 23.0 Å². The van der Waals surface area contributed by atoms with E-state index in [2.05, 4.69) is 5.32 Å². The van der Waals surface area contributed by atoms with E-state index in [1.807, 2.05) is 65.7 Å². The van der Waals surface area contributed by atoms with Gasteiger partial charge in [-0.15, -0.1) is 0 Å². The van der Waals surface area contributed by atoms with Gasteiger partial charge in [0.15, 0.2) is 11.6 Å². The lowest BCUT2D eigenvalue weighted by molar-refractivity contribution is -0.122. The van der Waals surface area contributed by atoms with Crippen LogP contribution in [-0.4, -0.2) is 28.4 Å². The van der Waals surface area contributed by atoms with E-state index in [9.17, 15) is 18.8 Å². The van der Waals surface area contributed by atoms with E-state index in [4.69, 9.17) is 11.6 Å². The summed E-state index contributed by atoms with van der Waals surface area (Å²) in [6.45, 7) is 0. The van der Waals surface area contributed by atoms with E-state index in [0.717, 1.165) is 11.1 Å². The Hall–Kier alpha value is -4.55. The maximum atomic E-state index is 14.6. The first-order chi connectivity index (χ1) is 19.4. The summed E-state index contributed by atoms with van der Waals surface area (Å²) in [5.74, 6) is -2.62. The molecule has 5 nitrogen and oxygen atoms in total. The van der Waals surface area contributed by atoms with E-state index in [0.29, 0.717) is 21.8 Å². The first-order valence-corrected chi connectivity index (χ1v) is 13.3. The van der Waals surface area contributed by atoms with Crippen LogP contribution in [0.25, 0.3) is 6.08 Å². The van der Waals surface area contributed by atoms with Gasteiger partial charge in [0.05, 0.1) is 12.0 Å². The Labute approximate surface area is 234 Å². The minimum Gasteiger partial charge on any atom is -0.358 e. The molecule has 1 N–H and O–H groups in total. The monoisotopic (exact) mass is 548 g/mol. The van der Waals surface area contributed by atoms with E-state index in [1.165, 1.54) is 24.3 Å². The summed E-state index contributed by atoms with van der Waals surface area (Å²) < 4.78 is 13.8. The lowest BCUT2D eigenvalue weighted by atomic mass is 9.62. The number of halogens is 2. The summed E-state index contributed by atoms with van der Waals surface area (Å²) in [7, 11) is 0. The molecule has 3 heterocycles. The van der Waals surface area contributed by atoms with Crippen LogP contribution in [0.3, 0.4) is 0 Å². The SMILES string of the molecule is O=C(c1ccc(F)cc1)[C@@H]1[C@@H](C(=O)c2ccc(Cl)cc2)[C@@]2(C(=O)Nc3ccccc32)[C@H]2c3ccccc3C=CN12. The minimum absolute atomic E-state index is 0.259. The van der Waals surface area contributed by atoms with Gasteiger partial charge >= 0.3 is 0 Å². The Bertz CT molecular complexity index is 1730. The number of fused-ring (bicyclic) bond motifs is 6. The van der Waals surface area contributed by atoms with Crippen LogP contribution in [0.2, 0.25) is 5.02 Å². The van der Waals surface area contributed by atoms with Crippen molar-refractivity contribution >= 4 is 40.8 Å². The number of anilines is 1. The number of para-hydroxylation sites is 1. The number of hydrogen-bond donors (Lipinski definition) is 1. The van der Waals surface area contributed by atoms with Gasteiger partial charge in [-0.25, -0.2) is 4.39 Å². The average molecular weight is 549 g/mol. The first-order valence-electron chi connectivity index (χ1n) is 13.0. The molecular formula is C33H22ClFN2O3. The van der Waals surface area contributed by atoms with Crippen LogP contribution in [0.5, 0.6) is 0 Å². The summed E-state index contributed by atoms with van der Waals surface area (Å²) in [5.41, 5.74) is 2.22. The van der Waals surface area contributed by atoms with Gasteiger partial charge in [-0.3, -0.25) is 14.4 Å². The van der Waals surface area contributed by atoms with Gasteiger partial charge in [0, 0.05) is 28.0 Å². The van der Waals surface area contributed by atoms with E-state index >= 15 is 0 Å². The second-order valence-electron chi connectivity index (χ2n) is 10.3.